The number of benzene rings is 1. The van der Waals surface area contributed by atoms with E-state index in [1.165, 1.54) is 12.3 Å². The Labute approximate surface area is 184 Å². The Hall–Kier alpha value is -2.82. The molecule has 1 aromatic heterocycles. The number of fused-ring (bicyclic) bond motifs is 1. The van der Waals surface area contributed by atoms with E-state index in [1.54, 1.807) is 4.90 Å². The molecule has 1 aromatic carbocycles. The van der Waals surface area contributed by atoms with Crippen molar-refractivity contribution in [3.63, 3.8) is 0 Å². The molecule has 32 heavy (non-hydrogen) atoms. The number of halogens is 3. The number of ether oxygens (including phenoxy) is 1. The van der Waals surface area contributed by atoms with Crippen LogP contribution in [0.3, 0.4) is 0 Å². The van der Waals surface area contributed by atoms with Crippen molar-refractivity contribution in [1.29, 1.82) is 0 Å². The summed E-state index contributed by atoms with van der Waals surface area (Å²) in [6.07, 6.45) is -3.25. The lowest BCUT2D eigenvalue weighted by Gasteiger charge is -2.35. The van der Waals surface area contributed by atoms with E-state index in [-0.39, 0.29) is 41.1 Å². The van der Waals surface area contributed by atoms with Crippen molar-refractivity contribution in [3.05, 3.63) is 47.7 Å². The Balaban J connectivity index is 2.01. The fourth-order valence-corrected chi connectivity index (χ4v) is 4.90. The van der Waals surface area contributed by atoms with Gasteiger partial charge in [0.25, 0.3) is 15.9 Å². The minimum Gasteiger partial charge on any atom is -0.474 e. The highest BCUT2D eigenvalue weighted by molar-refractivity contribution is 7.92. The second-order valence-corrected chi connectivity index (χ2v) is 10.1. The SMILES string of the molecule is CCN(C(=O)c1cnc2c(c1)N(S(=O)(=O)c1ccc(C(F)(F)F)cc1)CCO2)C(C)(C)C. The molecule has 1 amide bonds. The molecule has 3 rings (SSSR count). The van der Waals surface area contributed by atoms with Crippen LogP contribution < -0.4 is 9.04 Å². The molecule has 2 heterocycles. The predicted octanol–water partition coefficient (Wildman–Crippen LogP) is 3.95. The maximum atomic E-state index is 13.2. The first-order valence-corrected chi connectivity index (χ1v) is 11.4. The second-order valence-electron chi connectivity index (χ2n) is 8.22. The number of carbonyl (C=O) groups excluding carboxylic acids is 1. The highest BCUT2D eigenvalue weighted by Crippen LogP contribution is 2.36. The third-order valence-electron chi connectivity index (χ3n) is 5.02. The zero-order valence-electron chi connectivity index (χ0n) is 18.1. The number of nitrogens with zero attached hydrogens (tertiary/aromatic N) is 3. The summed E-state index contributed by atoms with van der Waals surface area (Å²) in [5.74, 6) is -0.296. The number of rotatable bonds is 4. The summed E-state index contributed by atoms with van der Waals surface area (Å²) in [4.78, 5) is 18.5. The van der Waals surface area contributed by atoms with Gasteiger partial charge in [-0.05, 0) is 58.0 Å². The fraction of sp³-hybridized carbons (Fsp3) is 0.429. The molecule has 0 bridgehead atoms. The molecular formula is C21H24F3N3O4S. The predicted molar refractivity (Wildman–Crippen MR) is 112 cm³/mol. The van der Waals surface area contributed by atoms with Crippen LogP contribution in [0.15, 0.2) is 41.4 Å². The molecule has 0 radical (unpaired) electrons. The average Bonchev–Trinajstić information content (AvgIpc) is 2.71. The molecular weight excluding hydrogens is 447 g/mol. The number of hydrogen-bond donors (Lipinski definition) is 0. The van der Waals surface area contributed by atoms with Gasteiger partial charge < -0.3 is 9.64 Å². The van der Waals surface area contributed by atoms with E-state index in [0.29, 0.717) is 6.54 Å². The van der Waals surface area contributed by atoms with Crippen molar-refractivity contribution < 1.29 is 31.1 Å². The summed E-state index contributed by atoms with van der Waals surface area (Å²) in [5.41, 5.74) is -1.18. The molecule has 11 heteroatoms. The van der Waals surface area contributed by atoms with Crippen LogP contribution in [-0.2, 0) is 16.2 Å². The van der Waals surface area contributed by atoms with Crippen molar-refractivity contribution in [3.8, 4) is 5.88 Å². The van der Waals surface area contributed by atoms with Crippen LogP contribution in [0, 0.1) is 0 Å². The standard InChI is InChI=1S/C21H24F3N3O4S/c1-5-26(20(2,3)4)19(28)14-12-17-18(25-13-14)31-11-10-27(17)32(29,30)16-8-6-15(7-9-16)21(22,23)24/h6-9,12-13H,5,10-11H2,1-4H3. The van der Waals surface area contributed by atoms with Gasteiger partial charge in [0.05, 0.1) is 22.6 Å². The van der Waals surface area contributed by atoms with Crippen molar-refractivity contribution in [2.75, 3.05) is 24.0 Å². The maximum Gasteiger partial charge on any atom is 0.416 e. The summed E-state index contributed by atoms with van der Waals surface area (Å²) in [6.45, 7) is 7.84. The maximum absolute atomic E-state index is 13.2. The molecule has 0 aliphatic carbocycles. The van der Waals surface area contributed by atoms with Gasteiger partial charge in [-0.15, -0.1) is 0 Å². The molecule has 2 aromatic rings. The highest BCUT2D eigenvalue weighted by Gasteiger charge is 2.35. The van der Waals surface area contributed by atoms with Gasteiger partial charge in [0, 0.05) is 18.3 Å². The Morgan fingerprint density at radius 1 is 1.19 bits per heavy atom. The Bertz CT molecular complexity index is 1110. The van der Waals surface area contributed by atoms with Gasteiger partial charge in [-0.25, -0.2) is 13.4 Å². The molecule has 7 nitrogen and oxygen atoms in total. The largest absolute Gasteiger partial charge is 0.474 e. The smallest absolute Gasteiger partial charge is 0.416 e. The summed E-state index contributed by atoms with van der Waals surface area (Å²) in [6, 6.07) is 4.64. The quantitative estimate of drug-likeness (QED) is 0.675. The van der Waals surface area contributed by atoms with Gasteiger partial charge in [0.2, 0.25) is 5.88 Å². The van der Waals surface area contributed by atoms with Gasteiger partial charge in [-0.2, -0.15) is 13.2 Å². The summed E-state index contributed by atoms with van der Waals surface area (Å²) in [5, 5.41) is 0. The Kier molecular flexibility index (Phi) is 6.16. The topological polar surface area (TPSA) is 79.8 Å². The molecule has 0 spiro atoms. The minimum atomic E-state index is -4.58. The van der Waals surface area contributed by atoms with Crippen LogP contribution in [-0.4, -0.2) is 49.4 Å². The van der Waals surface area contributed by atoms with E-state index in [9.17, 15) is 26.4 Å². The van der Waals surface area contributed by atoms with E-state index in [0.717, 1.165) is 28.6 Å². The van der Waals surface area contributed by atoms with Crippen LogP contribution in [0.2, 0.25) is 0 Å². The first-order valence-electron chi connectivity index (χ1n) is 9.91. The third-order valence-corrected chi connectivity index (χ3v) is 6.85. The minimum absolute atomic E-state index is 0.0102. The van der Waals surface area contributed by atoms with Crippen LogP contribution in [0.4, 0.5) is 18.9 Å². The summed E-state index contributed by atoms with van der Waals surface area (Å²) < 4.78 is 71.4. The summed E-state index contributed by atoms with van der Waals surface area (Å²) >= 11 is 0. The van der Waals surface area contributed by atoms with Crippen molar-refractivity contribution in [2.45, 2.75) is 44.3 Å². The lowest BCUT2D eigenvalue weighted by Crippen LogP contribution is -2.45. The van der Waals surface area contributed by atoms with E-state index >= 15 is 0 Å². The number of sulfonamides is 1. The van der Waals surface area contributed by atoms with Crippen LogP contribution in [0.25, 0.3) is 0 Å². The molecule has 174 valence electrons. The molecule has 0 atom stereocenters. The summed E-state index contributed by atoms with van der Waals surface area (Å²) in [7, 11) is -4.21. The monoisotopic (exact) mass is 471 g/mol. The average molecular weight is 472 g/mol. The first kappa shape index (κ1) is 23.8. The van der Waals surface area contributed by atoms with Crippen LogP contribution in [0.5, 0.6) is 5.88 Å². The molecule has 0 N–H and O–H groups in total. The van der Waals surface area contributed by atoms with Gasteiger partial charge in [0.15, 0.2) is 0 Å². The number of amides is 1. The molecule has 0 unspecified atom stereocenters. The van der Waals surface area contributed by atoms with E-state index in [4.69, 9.17) is 4.74 Å². The highest BCUT2D eigenvalue weighted by atomic mass is 32.2. The normalized spacial score (nSPS) is 14.5. The van der Waals surface area contributed by atoms with Crippen molar-refractivity contribution in [2.24, 2.45) is 0 Å². The molecule has 1 aliphatic heterocycles. The number of aromatic nitrogens is 1. The molecule has 1 aliphatic rings. The van der Waals surface area contributed by atoms with E-state index in [2.05, 4.69) is 4.98 Å². The van der Waals surface area contributed by atoms with Crippen molar-refractivity contribution in [1.82, 2.24) is 9.88 Å². The van der Waals surface area contributed by atoms with Crippen molar-refractivity contribution >= 4 is 21.6 Å². The second kappa shape index (κ2) is 8.27. The first-order chi connectivity index (χ1) is 14.8. The lowest BCUT2D eigenvalue weighted by molar-refractivity contribution is -0.137. The molecule has 0 saturated carbocycles. The van der Waals surface area contributed by atoms with Crippen LogP contribution in [0.1, 0.15) is 43.6 Å². The number of anilines is 1. The Morgan fingerprint density at radius 2 is 1.81 bits per heavy atom. The number of pyridine rings is 1. The lowest BCUT2D eigenvalue weighted by atomic mass is 10.0. The van der Waals surface area contributed by atoms with E-state index in [1.807, 2.05) is 27.7 Å². The number of alkyl halides is 3. The zero-order chi connectivity index (χ0) is 23.9. The fourth-order valence-electron chi connectivity index (χ4n) is 3.46. The van der Waals surface area contributed by atoms with Gasteiger partial charge in [0.1, 0.15) is 12.3 Å². The molecule has 0 fully saturated rings. The number of carbonyl (C=O) groups is 1. The van der Waals surface area contributed by atoms with E-state index < -0.39 is 27.3 Å². The molecule has 0 saturated heterocycles. The number of hydrogen-bond acceptors (Lipinski definition) is 5. The Morgan fingerprint density at radius 3 is 2.34 bits per heavy atom. The van der Waals surface area contributed by atoms with Gasteiger partial charge in [-0.1, -0.05) is 0 Å². The van der Waals surface area contributed by atoms with Gasteiger partial charge in [-0.3, -0.25) is 9.10 Å². The zero-order valence-corrected chi connectivity index (χ0v) is 18.9. The third kappa shape index (κ3) is 4.52. The van der Waals surface area contributed by atoms with Crippen LogP contribution >= 0.6 is 0 Å². The van der Waals surface area contributed by atoms with Gasteiger partial charge >= 0.3 is 6.18 Å².